The zero-order valence-electron chi connectivity index (χ0n) is 24.6. The SMILES string of the molecule is Cc1nn(-c2ccccc2)c(C)c1S(=O)(=O)N1C[C@@H]2CC(=O)NCCN(C)C(=O)c3cccn(c3=O)Cc3cn(nn3)[C@@H]2C1. The molecule has 4 aromatic rings. The molecular formula is C29H33N9O5S. The lowest BCUT2D eigenvalue weighted by Gasteiger charge is -2.20. The Hall–Kier alpha value is -4.63. The normalized spacial score (nSPS) is 20.0. The van der Waals surface area contributed by atoms with Gasteiger partial charge in [0.1, 0.15) is 16.2 Å². The Labute approximate surface area is 253 Å². The third-order valence-electron chi connectivity index (χ3n) is 8.24. The number of carbonyl (C=O) groups excluding carboxylic acids is 2. The van der Waals surface area contributed by atoms with Gasteiger partial charge in [0.2, 0.25) is 15.9 Å². The van der Waals surface area contributed by atoms with Crippen LogP contribution in [-0.2, 0) is 21.4 Å². The van der Waals surface area contributed by atoms with Crippen molar-refractivity contribution in [3.05, 3.63) is 87.9 Å². The number of amides is 2. The number of nitrogens with one attached hydrogen (secondary N) is 1. The van der Waals surface area contributed by atoms with Crippen molar-refractivity contribution in [3.8, 4) is 5.69 Å². The number of sulfonamides is 1. The number of hydrogen-bond donors (Lipinski definition) is 1. The van der Waals surface area contributed by atoms with Crippen LogP contribution in [0.25, 0.3) is 5.69 Å². The minimum Gasteiger partial charge on any atom is -0.354 e. The van der Waals surface area contributed by atoms with Gasteiger partial charge >= 0.3 is 0 Å². The number of fused-ring (bicyclic) bond motifs is 6. The number of rotatable bonds is 3. The van der Waals surface area contributed by atoms with Crippen LogP contribution < -0.4 is 10.9 Å². The van der Waals surface area contributed by atoms with Gasteiger partial charge in [0.25, 0.3) is 11.5 Å². The maximum Gasteiger partial charge on any atom is 0.263 e. The largest absolute Gasteiger partial charge is 0.354 e. The quantitative estimate of drug-likeness (QED) is 0.352. The van der Waals surface area contributed by atoms with Crippen LogP contribution in [0.5, 0.6) is 0 Å². The molecule has 5 heterocycles. The molecule has 15 heteroatoms. The summed E-state index contributed by atoms with van der Waals surface area (Å²) >= 11 is 0. The minimum absolute atomic E-state index is 0.0127. The first-order valence-electron chi connectivity index (χ1n) is 14.3. The summed E-state index contributed by atoms with van der Waals surface area (Å²) in [6.45, 7) is 4.00. The van der Waals surface area contributed by atoms with Gasteiger partial charge in [0.05, 0.1) is 35.9 Å². The second kappa shape index (κ2) is 11.5. The molecule has 1 saturated heterocycles. The highest BCUT2D eigenvalue weighted by molar-refractivity contribution is 7.89. The molecule has 2 aliphatic heterocycles. The fourth-order valence-corrected chi connectivity index (χ4v) is 7.86. The zero-order valence-corrected chi connectivity index (χ0v) is 25.4. The van der Waals surface area contributed by atoms with Crippen LogP contribution in [0.4, 0.5) is 0 Å². The highest BCUT2D eigenvalue weighted by atomic mass is 32.2. The molecule has 1 fully saturated rings. The van der Waals surface area contributed by atoms with Crippen molar-refractivity contribution in [2.45, 2.75) is 37.8 Å². The summed E-state index contributed by atoms with van der Waals surface area (Å²) in [6.07, 6.45) is 3.28. The number of likely N-dealkylation sites (N-methyl/N-ethyl adjacent to an activating group) is 1. The van der Waals surface area contributed by atoms with E-state index in [1.54, 1.807) is 48.7 Å². The molecule has 1 N–H and O–H groups in total. The third-order valence-corrected chi connectivity index (χ3v) is 10.3. The number of benzene rings is 1. The molecule has 2 aliphatic rings. The van der Waals surface area contributed by atoms with Crippen LogP contribution in [0.2, 0.25) is 0 Å². The van der Waals surface area contributed by atoms with Crippen LogP contribution in [0, 0.1) is 19.8 Å². The van der Waals surface area contributed by atoms with Crippen molar-refractivity contribution in [2.24, 2.45) is 5.92 Å². The van der Waals surface area contributed by atoms with Crippen LogP contribution in [0.3, 0.4) is 0 Å². The fourth-order valence-electron chi connectivity index (χ4n) is 5.99. The molecule has 6 rings (SSSR count). The Bertz CT molecular complexity index is 1900. The highest BCUT2D eigenvalue weighted by Crippen LogP contribution is 2.36. The molecule has 2 amide bonds. The summed E-state index contributed by atoms with van der Waals surface area (Å²) in [5, 5.41) is 15.9. The second-order valence-corrected chi connectivity index (χ2v) is 13.1. The molecule has 0 saturated carbocycles. The molecule has 0 radical (unpaired) electrons. The highest BCUT2D eigenvalue weighted by Gasteiger charge is 2.43. The average Bonchev–Trinajstić information content (AvgIpc) is 3.71. The van der Waals surface area contributed by atoms with E-state index in [0.717, 1.165) is 5.69 Å². The van der Waals surface area contributed by atoms with E-state index in [2.05, 4.69) is 20.7 Å². The van der Waals surface area contributed by atoms with Crippen LogP contribution in [0.1, 0.15) is 39.9 Å². The standard InChI is InChI=1S/C29H33N9O5S/c1-19-27(20(2)38(32-19)23-8-5-4-6-9-23)44(42,43)36-15-21-14-26(39)30-11-13-34(3)28(40)24-10-7-12-35(29(24)41)16-22-17-37(33-31-22)25(21)18-36/h4-10,12,17,21,25H,11,13-16,18H2,1-3H3,(H,30,39)/t21-,25+/m0/s1. The van der Waals surface area contributed by atoms with Gasteiger partial charge in [-0.3, -0.25) is 14.4 Å². The van der Waals surface area contributed by atoms with Gasteiger partial charge in [0.15, 0.2) is 0 Å². The zero-order chi connectivity index (χ0) is 31.2. The Morgan fingerprint density at radius 1 is 1.00 bits per heavy atom. The van der Waals surface area contributed by atoms with E-state index in [1.807, 2.05) is 30.3 Å². The number of nitrogens with zero attached hydrogens (tertiary/aromatic N) is 8. The maximum absolute atomic E-state index is 14.1. The van der Waals surface area contributed by atoms with Crippen LogP contribution >= 0.6 is 0 Å². The second-order valence-electron chi connectivity index (χ2n) is 11.2. The maximum atomic E-state index is 14.1. The van der Waals surface area contributed by atoms with E-state index in [9.17, 15) is 22.8 Å². The van der Waals surface area contributed by atoms with Crippen LogP contribution in [-0.4, -0.2) is 92.0 Å². The van der Waals surface area contributed by atoms with Gasteiger partial charge in [-0.15, -0.1) is 5.10 Å². The van der Waals surface area contributed by atoms with E-state index < -0.39 is 33.4 Å². The number of carbonyl (C=O) groups is 2. The van der Waals surface area contributed by atoms with Crippen molar-refractivity contribution in [1.29, 1.82) is 0 Å². The summed E-state index contributed by atoms with van der Waals surface area (Å²) in [5.74, 6) is -1.14. The van der Waals surface area contributed by atoms with Gasteiger partial charge in [0, 0.05) is 51.8 Å². The third kappa shape index (κ3) is 5.32. The van der Waals surface area contributed by atoms with Crippen molar-refractivity contribution in [2.75, 3.05) is 33.2 Å². The summed E-state index contributed by atoms with van der Waals surface area (Å²) in [4.78, 5) is 40.7. The van der Waals surface area contributed by atoms with Crippen molar-refractivity contribution in [3.63, 3.8) is 0 Å². The van der Waals surface area contributed by atoms with Gasteiger partial charge in [-0.25, -0.2) is 17.8 Å². The molecular weight excluding hydrogens is 586 g/mol. The molecule has 0 spiro atoms. The topological polar surface area (TPSA) is 157 Å². The van der Waals surface area contributed by atoms with Crippen molar-refractivity contribution >= 4 is 21.8 Å². The fraction of sp³-hybridized carbons (Fsp3) is 0.379. The summed E-state index contributed by atoms with van der Waals surface area (Å²) in [7, 11) is -2.44. The number of hydrogen-bond acceptors (Lipinski definition) is 8. The summed E-state index contributed by atoms with van der Waals surface area (Å²) < 4.78 is 34.3. The van der Waals surface area contributed by atoms with Crippen molar-refractivity contribution in [1.82, 2.24) is 43.9 Å². The van der Waals surface area contributed by atoms with E-state index in [4.69, 9.17) is 0 Å². The lowest BCUT2D eigenvalue weighted by molar-refractivity contribution is -0.122. The van der Waals surface area contributed by atoms with E-state index in [-0.39, 0.29) is 55.5 Å². The summed E-state index contributed by atoms with van der Waals surface area (Å²) in [6, 6.07) is 11.9. The number of aryl methyl sites for hydroxylation is 1. The van der Waals surface area contributed by atoms with Gasteiger partial charge in [-0.1, -0.05) is 23.4 Å². The van der Waals surface area contributed by atoms with Gasteiger partial charge in [-0.2, -0.15) is 9.40 Å². The first-order chi connectivity index (χ1) is 21.0. The molecule has 44 heavy (non-hydrogen) atoms. The van der Waals surface area contributed by atoms with Crippen LogP contribution in [0.15, 0.2) is 64.5 Å². The first-order valence-corrected chi connectivity index (χ1v) is 15.7. The number of aromatic nitrogens is 6. The Morgan fingerprint density at radius 3 is 2.55 bits per heavy atom. The predicted octanol–water partition coefficient (Wildman–Crippen LogP) is 0.744. The molecule has 230 valence electrons. The molecule has 4 bridgehead atoms. The van der Waals surface area contributed by atoms with E-state index in [1.165, 1.54) is 19.8 Å². The molecule has 14 nitrogen and oxygen atoms in total. The number of pyridine rings is 1. The first kappa shape index (κ1) is 29.4. The Kier molecular flexibility index (Phi) is 7.67. The van der Waals surface area contributed by atoms with E-state index >= 15 is 0 Å². The Morgan fingerprint density at radius 2 is 1.77 bits per heavy atom. The minimum atomic E-state index is -4.00. The molecule has 3 aromatic heterocycles. The Balaban J connectivity index is 1.34. The average molecular weight is 620 g/mol. The number of para-hydroxylation sites is 1. The predicted molar refractivity (Wildman–Crippen MR) is 159 cm³/mol. The lowest BCUT2D eigenvalue weighted by atomic mass is 9.99. The monoisotopic (exact) mass is 619 g/mol. The summed E-state index contributed by atoms with van der Waals surface area (Å²) in [5.41, 5.74) is 1.62. The molecule has 1 aromatic carbocycles. The molecule has 2 atom stereocenters. The molecule has 0 aliphatic carbocycles. The smallest absolute Gasteiger partial charge is 0.263 e. The van der Waals surface area contributed by atoms with E-state index in [0.29, 0.717) is 17.1 Å². The van der Waals surface area contributed by atoms with Gasteiger partial charge < -0.3 is 14.8 Å². The van der Waals surface area contributed by atoms with Crippen molar-refractivity contribution < 1.29 is 18.0 Å². The lowest BCUT2D eigenvalue weighted by Crippen LogP contribution is -2.39. The van der Waals surface area contributed by atoms with Gasteiger partial charge in [-0.05, 0) is 38.1 Å². The molecule has 0 unspecified atom stereocenters.